The molecule has 0 aliphatic heterocycles. The van der Waals surface area contributed by atoms with Crippen LogP contribution in [0.1, 0.15) is 226 Å². The van der Waals surface area contributed by atoms with Gasteiger partial charge in [0.15, 0.2) is 0 Å². The van der Waals surface area contributed by atoms with E-state index < -0.39 is 38.6 Å². The summed E-state index contributed by atoms with van der Waals surface area (Å²) in [6.45, 7) is 3.96. The molecular weight excluding hydrogens is 748 g/mol. The van der Waals surface area contributed by atoms with Crippen LogP contribution in [0.2, 0.25) is 0 Å². The molecule has 0 radical (unpaired) electrons. The Morgan fingerprint density at radius 3 is 1.43 bits per heavy atom. The van der Waals surface area contributed by atoms with Gasteiger partial charge in [-0.05, 0) is 44.9 Å². The lowest BCUT2D eigenvalue weighted by molar-refractivity contribution is -0.124. The largest absolute Gasteiger partial charge is 0.472 e. The van der Waals surface area contributed by atoms with Crippen LogP contribution < -0.4 is 11.1 Å². The van der Waals surface area contributed by atoms with Crippen LogP contribution >= 0.6 is 7.82 Å². The normalized spacial score (nSPS) is 14.8. The Kier molecular flexibility index (Phi) is 42.8. The Hall–Kier alpha value is -1.32. The van der Waals surface area contributed by atoms with E-state index >= 15 is 0 Å². The van der Waals surface area contributed by atoms with Gasteiger partial charge in [-0.15, -0.1) is 0 Å². The molecule has 0 saturated carbocycles. The Bertz CT molecular complexity index is 1020. The van der Waals surface area contributed by atoms with Crippen molar-refractivity contribution in [3.63, 3.8) is 0 Å². The molecule has 0 aliphatic carbocycles. The molecule has 10 heteroatoms. The molecule has 6 N–H and O–H groups in total. The van der Waals surface area contributed by atoms with Gasteiger partial charge >= 0.3 is 7.82 Å². The molecule has 342 valence electrons. The molecule has 4 unspecified atom stereocenters. The third-order valence-corrected chi connectivity index (χ3v) is 11.7. The zero-order chi connectivity index (χ0) is 42.6. The van der Waals surface area contributed by atoms with Gasteiger partial charge in [-0.3, -0.25) is 13.8 Å². The number of aliphatic hydroxyl groups excluding tert-OH is 2. The molecule has 4 atom stereocenters. The SMILES string of the molecule is CCCCCCCCCCCC/C=C/CC/C=C/CC/C=C/C(O)C(COP(=O)(O)OCCN)NC(=O)CC(O)CCCCCCCCCCCCCCCCCC. The molecule has 0 saturated heterocycles. The maximum atomic E-state index is 12.8. The smallest absolute Gasteiger partial charge is 0.393 e. The van der Waals surface area contributed by atoms with E-state index in [-0.39, 0.29) is 19.6 Å². The van der Waals surface area contributed by atoms with Crippen molar-refractivity contribution in [3.8, 4) is 0 Å². The Morgan fingerprint density at radius 1 is 0.586 bits per heavy atom. The van der Waals surface area contributed by atoms with Crippen LogP contribution in [0, 0.1) is 0 Å². The number of phosphoric acid groups is 1. The number of hydrogen-bond donors (Lipinski definition) is 5. The summed E-state index contributed by atoms with van der Waals surface area (Å²) in [6, 6.07) is -1.00. The third-order valence-electron chi connectivity index (χ3n) is 10.8. The molecule has 0 bridgehead atoms. The number of unbranched alkanes of at least 4 members (excludes halogenated alkanes) is 27. The highest BCUT2D eigenvalue weighted by molar-refractivity contribution is 7.47. The third kappa shape index (κ3) is 41.4. The zero-order valence-electron chi connectivity index (χ0n) is 37.7. The molecule has 0 fully saturated rings. The second-order valence-electron chi connectivity index (χ2n) is 16.5. The number of carbonyl (C=O) groups excluding carboxylic acids is 1. The van der Waals surface area contributed by atoms with Gasteiger partial charge in [0.1, 0.15) is 0 Å². The Morgan fingerprint density at radius 2 is 0.983 bits per heavy atom. The van der Waals surface area contributed by atoms with E-state index in [0.717, 1.165) is 44.9 Å². The second-order valence-corrected chi connectivity index (χ2v) is 18.0. The number of amides is 1. The lowest BCUT2D eigenvalue weighted by atomic mass is 10.0. The minimum atomic E-state index is -4.41. The number of aliphatic hydroxyl groups is 2. The summed E-state index contributed by atoms with van der Waals surface area (Å²) in [5.74, 6) is -0.457. The maximum absolute atomic E-state index is 12.8. The topological polar surface area (TPSA) is 151 Å². The number of phosphoric ester groups is 1. The molecule has 0 aliphatic rings. The lowest BCUT2D eigenvalue weighted by Gasteiger charge is -2.24. The molecular formula is C48H93N2O7P. The fraction of sp³-hybridized carbons (Fsp3) is 0.854. The van der Waals surface area contributed by atoms with E-state index in [1.807, 2.05) is 6.08 Å². The lowest BCUT2D eigenvalue weighted by Crippen LogP contribution is -2.46. The van der Waals surface area contributed by atoms with Crippen LogP contribution in [-0.4, -0.2) is 59.0 Å². The number of carbonyl (C=O) groups is 1. The van der Waals surface area contributed by atoms with Gasteiger partial charge in [-0.1, -0.05) is 211 Å². The van der Waals surface area contributed by atoms with Crippen molar-refractivity contribution in [2.75, 3.05) is 19.8 Å². The van der Waals surface area contributed by atoms with E-state index in [9.17, 15) is 24.5 Å². The summed E-state index contributed by atoms with van der Waals surface area (Å²) >= 11 is 0. The monoisotopic (exact) mass is 841 g/mol. The summed E-state index contributed by atoms with van der Waals surface area (Å²) in [5.41, 5.74) is 5.37. The van der Waals surface area contributed by atoms with Crippen molar-refractivity contribution < 1.29 is 33.5 Å². The van der Waals surface area contributed by atoms with Crippen LogP contribution in [-0.2, 0) is 18.4 Å². The fourth-order valence-corrected chi connectivity index (χ4v) is 7.85. The average molecular weight is 841 g/mol. The molecule has 0 aromatic heterocycles. The summed E-state index contributed by atoms with van der Waals surface area (Å²) in [6.07, 6.45) is 49.5. The average Bonchev–Trinajstić information content (AvgIpc) is 3.20. The van der Waals surface area contributed by atoms with Crippen molar-refractivity contribution in [1.82, 2.24) is 5.32 Å². The Labute approximate surface area is 357 Å². The molecule has 0 aromatic carbocycles. The van der Waals surface area contributed by atoms with Gasteiger partial charge in [0.25, 0.3) is 0 Å². The summed E-state index contributed by atoms with van der Waals surface area (Å²) < 4.78 is 22.1. The first kappa shape index (κ1) is 56.7. The van der Waals surface area contributed by atoms with E-state index in [0.29, 0.717) is 12.8 Å². The van der Waals surface area contributed by atoms with Crippen LogP contribution in [0.15, 0.2) is 36.5 Å². The molecule has 0 spiro atoms. The molecule has 9 nitrogen and oxygen atoms in total. The number of nitrogens with two attached hydrogens (primary N) is 1. The quantitative estimate of drug-likeness (QED) is 0.0231. The van der Waals surface area contributed by atoms with Crippen LogP contribution in [0.25, 0.3) is 0 Å². The first-order valence-corrected chi connectivity index (χ1v) is 25.7. The molecule has 0 rings (SSSR count). The van der Waals surface area contributed by atoms with E-state index in [1.165, 1.54) is 148 Å². The van der Waals surface area contributed by atoms with E-state index in [4.69, 9.17) is 14.8 Å². The van der Waals surface area contributed by atoms with Crippen LogP contribution in [0.4, 0.5) is 0 Å². The fourth-order valence-electron chi connectivity index (χ4n) is 7.09. The predicted molar refractivity (Wildman–Crippen MR) is 246 cm³/mol. The number of hydrogen-bond acceptors (Lipinski definition) is 7. The maximum Gasteiger partial charge on any atom is 0.472 e. The first-order chi connectivity index (χ1) is 28.3. The zero-order valence-corrected chi connectivity index (χ0v) is 38.5. The second kappa shape index (κ2) is 43.8. The van der Waals surface area contributed by atoms with Crippen molar-refractivity contribution in [3.05, 3.63) is 36.5 Å². The highest BCUT2D eigenvalue weighted by Gasteiger charge is 2.27. The van der Waals surface area contributed by atoms with Gasteiger partial charge in [-0.25, -0.2) is 4.57 Å². The van der Waals surface area contributed by atoms with Gasteiger partial charge in [0.2, 0.25) is 5.91 Å². The van der Waals surface area contributed by atoms with E-state index in [2.05, 4.69) is 43.5 Å². The molecule has 0 aromatic rings. The summed E-state index contributed by atoms with van der Waals surface area (Å²) in [7, 11) is -4.41. The highest BCUT2D eigenvalue weighted by atomic mass is 31.2. The first-order valence-electron chi connectivity index (χ1n) is 24.2. The van der Waals surface area contributed by atoms with Gasteiger partial charge in [0.05, 0.1) is 37.9 Å². The molecule has 1 amide bonds. The minimum Gasteiger partial charge on any atom is -0.393 e. The van der Waals surface area contributed by atoms with Crippen LogP contribution in [0.3, 0.4) is 0 Å². The standard InChI is InChI=1S/C48H93N2O7P/c1-3-5-7-9-11-13-15-17-19-21-22-23-24-26-28-30-32-34-36-38-40-47(52)46(44-57-58(54,55)56-42-41-49)50-48(53)43-45(51)39-37-35-33-31-29-27-25-20-18-16-14-12-10-8-6-4-2/h23-24,30,32,38,40,45-47,51-52H,3-22,25-29,31,33-37,39,41-44,49H2,1-2H3,(H,50,53)(H,54,55)/b24-23+,32-30+,40-38+. The molecule has 58 heavy (non-hydrogen) atoms. The highest BCUT2D eigenvalue weighted by Crippen LogP contribution is 2.43. The van der Waals surface area contributed by atoms with Gasteiger partial charge in [0, 0.05) is 6.54 Å². The number of rotatable bonds is 45. The van der Waals surface area contributed by atoms with Crippen molar-refractivity contribution in [2.45, 2.75) is 244 Å². The number of nitrogens with one attached hydrogen (secondary N) is 1. The minimum absolute atomic E-state index is 0.0430. The van der Waals surface area contributed by atoms with Gasteiger partial charge in [-0.2, -0.15) is 0 Å². The summed E-state index contributed by atoms with van der Waals surface area (Å²) in [4.78, 5) is 22.8. The summed E-state index contributed by atoms with van der Waals surface area (Å²) in [5, 5.41) is 24.1. The van der Waals surface area contributed by atoms with Crippen molar-refractivity contribution in [1.29, 1.82) is 0 Å². The van der Waals surface area contributed by atoms with Gasteiger partial charge < -0.3 is 26.2 Å². The van der Waals surface area contributed by atoms with Crippen LogP contribution in [0.5, 0.6) is 0 Å². The molecule has 0 heterocycles. The van der Waals surface area contributed by atoms with Crippen molar-refractivity contribution >= 4 is 13.7 Å². The van der Waals surface area contributed by atoms with Crippen molar-refractivity contribution in [2.24, 2.45) is 5.73 Å². The predicted octanol–water partition coefficient (Wildman–Crippen LogP) is 12.9. The Balaban J connectivity index is 4.32. The number of allylic oxidation sites excluding steroid dienone is 5. The van der Waals surface area contributed by atoms with E-state index in [1.54, 1.807) is 6.08 Å².